The van der Waals surface area contributed by atoms with Gasteiger partial charge in [0.25, 0.3) is 0 Å². The number of aromatic nitrogens is 4. The Labute approximate surface area is 253 Å². The minimum atomic E-state index is -2.87. The van der Waals surface area contributed by atoms with Crippen LogP contribution in [0.15, 0.2) is 73.1 Å². The number of alkyl halides is 2. The fourth-order valence-corrected chi connectivity index (χ4v) is 5.75. The molecule has 230 valence electrons. The minimum Gasteiger partial charge on any atom is -0.415 e. The molecule has 6 rings (SSSR count). The highest BCUT2D eigenvalue weighted by Gasteiger charge is 2.17. The highest BCUT2D eigenvalue weighted by molar-refractivity contribution is 5.73. The van der Waals surface area contributed by atoms with E-state index in [-0.39, 0.29) is 5.88 Å². The minimum absolute atomic E-state index is 0.00940. The lowest BCUT2D eigenvalue weighted by atomic mass is 10.1. The third kappa shape index (κ3) is 9.11. The molecule has 2 aromatic heterocycles. The molecule has 4 aromatic rings. The van der Waals surface area contributed by atoms with Gasteiger partial charge in [0.2, 0.25) is 5.88 Å². The number of rotatable bonds is 10. The van der Waals surface area contributed by atoms with E-state index in [4.69, 9.17) is 5.73 Å². The van der Waals surface area contributed by atoms with Gasteiger partial charge in [-0.25, -0.2) is 0 Å². The number of hydrogen-bond donors (Lipinski definition) is 1. The smallest absolute Gasteiger partial charge is 0.388 e. The predicted octanol–water partition coefficient (Wildman–Crippen LogP) is 6.26. The van der Waals surface area contributed by atoms with E-state index in [1.165, 1.54) is 51.6 Å². The van der Waals surface area contributed by atoms with Gasteiger partial charge in [0, 0.05) is 31.0 Å². The zero-order chi connectivity index (χ0) is 29.9. The summed E-state index contributed by atoms with van der Waals surface area (Å²) in [5, 5.41) is 8.64. The van der Waals surface area contributed by atoms with Gasteiger partial charge in [0.15, 0.2) is 5.82 Å². The quantitative estimate of drug-likeness (QED) is 0.235. The monoisotopic (exact) mass is 591 g/mol. The topological polar surface area (TPSA) is 77.4 Å². The molecule has 0 atom stereocenters. The largest absolute Gasteiger partial charge is 0.415 e. The molecule has 0 bridgehead atoms. The predicted molar refractivity (Wildman–Crippen MR) is 167 cm³/mol. The molecule has 2 aliphatic rings. The molecule has 0 unspecified atom stereocenters. The lowest BCUT2D eigenvalue weighted by Crippen LogP contribution is -2.32. The molecule has 0 amide bonds. The molecule has 0 radical (unpaired) electrons. The van der Waals surface area contributed by atoms with Gasteiger partial charge in [-0.15, -0.1) is 5.10 Å². The summed E-state index contributed by atoms with van der Waals surface area (Å²) in [5.41, 5.74) is 9.63. The molecular formula is C33H43F2N7O. The van der Waals surface area contributed by atoms with Crippen LogP contribution in [0.2, 0.25) is 0 Å². The van der Waals surface area contributed by atoms with E-state index in [9.17, 15) is 8.78 Å². The fraction of sp³-hybridized carbons (Fsp3) is 0.455. The zero-order valence-electron chi connectivity index (χ0n) is 24.8. The maximum atomic E-state index is 12.6. The number of nitrogens with two attached hydrogens (primary N) is 1. The summed E-state index contributed by atoms with van der Waals surface area (Å²) in [6.07, 6.45) is 11.6. The molecule has 2 aromatic carbocycles. The van der Waals surface area contributed by atoms with Gasteiger partial charge in [-0.05, 0) is 63.0 Å². The number of benzene rings is 2. The average molecular weight is 592 g/mol. The highest BCUT2D eigenvalue weighted by Crippen LogP contribution is 2.30. The molecular weight excluding hydrogens is 548 g/mol. The van der Waals surface area contributed by atoms with Crippen LogP contribution < -0.4 is 10.5 Å². The number of nitrogen functional groups attached to an aromatic ring is 1. The molecule has 2 aliphatic heterocycles. The van der Waals surface area contributed by atoms with Crippen molar-refractivity contribution in [3.8, 4) is 28.1 Å². The molecule has 8 nitrogen and oxygen atoms in total. The van der Waals surface area contributed by atoms with E-state index < -0.39 is 6.61 Å². The molecule has 4 heterocycles. The Morgan fingerprint density at radius 1 is 0.628 bits per heavy atom. The maximum Gasteiger partial charge on any atom is 0.388 e. The normalized spacial score (nSPS) is 16.2. The van der Waals surface area contributed by atoms with E-state index in [1.807, 2.05) is 53.2 Å². The van der Waals surface area contributed by atoms with Gasteiger partial charge < -0.3 is 20.3 Å². The number of likely N-dealkylation sites (tertiary alicyclic amines) is 2. The van der Waals surface area contributed by atoms with Crippen molar-refractivity contribution in [2.24, 2.45) is 0 Å². The van der Waals surface area contributed by atoms with E-state index in [2.05, 4.69) is 43.1 Å². The van der Waals surface area contributed by atoms with Crippen molar-refractivity contribution in [1.82, 2.24) is 29.4 Å². The van der Waals surface area contributed by atoms with E-state index in [0.717, 1.165) is 49.4 Å². The van der Waals surface area contributed by atoms with Gasteiger partial charge >= 0.3 is 6.61 Å². The molecule has 10 heteroatoms. The Bertz CT molecular complexity index is 1360. The van der Waals surface area contributed by atoms with E-state index >= 15 is 0 Å². The van der Waals surface area contributed by atoms with Crippen molar-refractivity contribution in [3.05, 3.63) is 73.1 Å². The van der Waals surface area contributed by atoms with Crippen LogP contribution in [-0.2, 0) is 13.1 Å². The first-order chi connectivity index (χ1) is 21.0. The van der Waals surface area contributed by atoms with Crippen LogP contribution in [0.1, 0.15) is 38.5 Å². The van der Waals surface area contributed by atoms with E-state index in [1.54, 1.807) is 10.9 Å². The SMILES string of the molecule is FC(F)Oc1nn(CCN2CCCCC2)cc1-c1ccccc1.Nc1nn(CCN2CCCCC2)cc1-c1ccccc1. The van der Waals surface area contributed by atoms with Crippen molar-refractivity contribution >= 4 is 5.82 Å². The second-order valence-electron chi connectivity index (χ2n) is 11.2. The number of halogens is 2. The van der Waals surface area contributed by atoms with Gasteiger partial charge in [-0.3, -0.25) is 9.36 Å². The molecule has 0 spiro atoms. The fourth-order valence-electron chi connectivity index (χ4n) is 5.75. The van der Waals surface area contributed by atoms with Crippen molar-refractivity contribution in [2.75, 3.05) is 45.0 Å². The van der Waals surface area contributed by atoms with Gasteiger partial charge in [-0.2, -0.15) is 13.9 Å². The van der Waals surface area contributed by atoms with Crippen molar-refractivity contribution < 1.29 is 13.5 Å². The summed E-state index contributed by atoms with van der Waals surface area (Å²) >= 11 is 0. The second-order valence-corrected chi connectivity index (χ2v) is 11.2. The number of piperidine rings is 2. The molecule has 0 aliphatic carbocycles. The molecule has 2 N–H and O–H groups in total. The molecule has 0 saturated carbocycles. The summed E-state index contributed by atoms with van der Waals surface area (Å²) < 4.78 is 33.5. The average Bonchev–Trinajstić information content (AvgIpc) is 3.63. The van der Waals surface area contributed by atoms with Gasteiger partial charge in [0.1, 0.15) is 0 Å². The first kappa shape index (κ1) is 30.7. The Kier molecular flexibility index (Phi) is 11.2. The van der Waals surface area contributed by atoms with Crippen molar-refractivity contribution in [1.29, 1.82) is 0 Å². The van der Waals surface area contributed by atoms with Crippen LogP contribution in [0.4, 0.5) is 14.6 Å². The number of hydrogen-bond acceptors (Lipinski definition) is 6. The molecule has 43 heavy (non-hydrogen) atoms. The molecule has 2 fully saturated rings. The summed E-state index contributed by atoms with van der Waals surface area (Å²) in [4.78, 5) is 4.91. The zero-order valence-corrected chi connectivity index (χ0v) is 24.8. The third-order valence-electron chi connectivity index (χ3n) is 8.08. The summed E-state index contributed by atoms with van der Waals surface area (Å²) in [5.74, 6) is 0.611. The van der Waals surface area contributed by atoms with Crippen LogP contribution in [0.25, 0.3) is 22.3 Å². The molecule has 2 saturated heterocycles. The number of nitrogens with zero attached hydrogens (tertiary/aromatic N) is 6. The van der Waals surface area contributed by atoms with Crippen LogP contribution >= 0.6 is 0 Å². The summed E-state index contributed by atoms with van der Waals surface area (Å²) in [6, 6.07) is 19.6. The standard InChI is InChI=1S/C17H21F2N3O.C16H22N4/c18-17(19)23-16-15(14-7-3-1-4-8-14)13-22(20-16)12-11-21-9-5-2-6-10-21;17-16-15(14-7-3-1-4-8-14)13-20(18-16)12-11-19-9-5-2-6-10-19/h1,3-4,7-8,13,17H,2,5-6,9-12H2;1,3-4,7-8,13H,2,5-6,9-12H2,(H2,17,18). The number of anilines is 1. The first-order valence-corrected chi connectivity index (χ1v) is 15.5. The van der Waals surface area contributed by atoms with Crippen LogP contribution in [0.5, 0.6) is 5.88 Å². The van der Waals surface area contributed by atoms with E-state index in [0.29, 0.717) is 17.9 Å². The first-order valence-electron chi connectivity index (χ1n) is 15.5. The lowest BCUT2D eigenvalue weighted by Gasteiger charge is -2.26. The Hall–Kier alpha value is -3.76. The maximum absolute atomic E-state index is 12.6. The van der Waals surface area contributed by atoms with Crippen LogP contribution in [0.3, 0.4) is 0 Å². The summed E-state index contributed by atoms with van der Waals surface area (Å²) in [6.45, 7) is 5.32. The Morgan fingerprint density at radius 3 is 1.60 bits per heavy atom. The van der Waals surface area contributed by atoms with Gasteiger partial charge in [-0.1, -0.05) is 73.5 Å². The second kappa shape index (κ2) is 15.6. The number of ether oxygens (including phenoxy) is 1. The highest BCUT2D eigenvalue weighted by atomic mass is 19.3. The Balaban J connectivity index is 0.000000173. The van der Waals surface area contributed by atoms with Crippen LogP contribution in [0, 0.1) is 0 Å². The van der Waals surface area contributed by atoms with Crippen molar-refractivity contribution in [2.45, 2.75) is 58.2 Å². The van der Waals surface area contributed by atoms with Crippen molar-refractivity contribution in [3.63, 3.8) is 0 Å². The lowest BCUT2D eigenvalue weighted by molar-refractivity contribution is -0.0528. The third-order valence-corrected chi connectivity index (χ3v) is 8.08. The van der Waals surface area contributed by atoms with Crippen LogP contribution in [-0.4, -0.2) is 75.2 Å². The summed E-state index contributed by atoms with van der Waals surface area (Å²) in [7, 11) is 0. The van der Waals surface area contributed by atoms with Gasteiger partial charge in [0.05, 0.1) is 18.7 Å². The Morgan fingerprint density at radius 2 is 1.09 bits per heavy atom.